The molecule has 0 saturated carbocycles. The Morgan fingerprint density at radius 2 is 1.81 bits per heavy atom. The molecule has 4 rings (SSSR count). The molecule has 1 aliphatic heterocycles. The van der Waals surface area contributed by atoms with Crippen LogP contribution in [-0.2, 0) is 4.74 Å². The van der Waals surface area contributed by atoms with Crippen LogP contribution in [0.2, 0.25) is 0 Å². The van der Waals surface area contributed by atoms with E-state index in [2.05, 4.69) is 10.2 Å². The van der Waals surface area contributed by atoms with Crippen molar-refractivity contribution in [2.75, 3.05) is 19.7 Å². The number of carbonyl (C=O) groups excluding carboxylic acids is 1. The van der Waals surface area contributed by atoms with Gasteiger partial charge in [-0.1, -0.05) is 18.2 Å². The Hall–Kier alpha value is -2.99. The van der Waals surface area contributed by atoms with Gasteiger partial charge < -0.3 is 14.1 Å². The van der Waals surface area contributed by atoms with Gasteiger partial charge in [0.05, 0.1) is 12.7 Å². The fourth-order valence-corrected chi connectivity index (χ4v) is 3.20. The highest BCUT2D eigenvalue weighted by Gasteiger charge is 2.22. The van der Waals surface area contributed by atoms with Crippen molar-refractivity contribution in [3.8, 4) is 22.9 Å². The maximum Gasteiger partial charge on any atom is 0.254 e. The first-order chi connectivity index (χ1) is 13.1. The molecule has 6 heteroatoms. The van der Waals surface area contributed by atoms with Crippen molar-refractivity contribution >= 4 is 5.91 Å². The Balaban J connectivity index is 1.53. The predicted octanol–water partition coefficient (Wildman–Crippen LogP) is 3.57. The standard InChI is InChI=1S/C21H21N3O3/c1-14-5-3-4-6-18(14)20-23-22-19(27-20)16-7-9-17(10-8-16)21(25)24-11-12-26-15(2)13-24/h3-10,15H,11-13H2,1-2H3. The molecule has 2 heterocycles. The number of morpholine rings is 1. The molecule has 1 aromatic heterocycles. The van der Waals surface area contributed by atoms with Crippen LogP contribution in [0.4, 0.5) is 0 Å². The van der Waals surface area contributed by atoms with Crippen molar-refractivity contribution in [3.05, 3.63) is 59.7 Å². The number of aryl methyl sites for hydroxylation is 1. The summed E-state index contributed by atoms with van der Waals surface area (Å²) < 4.78 is 11.3. The largest absolute Gasteiger partial charge is 0.416 e. The summed E-state index contributed by atoms with van der Waals surface area (Å²) in [6, 6.07) is 15.2. The Kier molecular flexibility index (Phi) is 4.73. The van der Waals surface area contributed by atoms with Crippen molar-refractivity contribution in [1.29, 1.82) is 0 Å². The minimum absolute atomic E-state index is 0.0165. The lowest BCUT2D eigenvalue weighted by Crippen LogP contribution is -2.44. The average molecular weight is 363 g/mol. The van der Waals surface area contributed by atoms with E-state index in [1.165, 1.54) is 0 Å². The summed E-state index contributed by atoms with van der Waals surface area (Å²) in [7, 11) is 0. The summed E-state index contributed by atoms with van der Waals surface area (Å²) in [6.07, 6.45) is 0.0697. The van der Waals surface area contributed by atoms with Crippen LogP contribution in [0.1, 0.15) is 22.8 Å². The van der Waals surface area contributed by atoms with Gasteiger partial charge in [-0.05, 0) is 49.7 Å². The zero-order valence-corrected chi connectivity index (χ0v) is 15.4. The van der Waals surface area contributed by atoms with E-state index in [9.17, 15) is 4.79 Å². The number of benzene rings is 2. The molecular weight excluding hydrogens is 342 g/mol. The third-order valence-corrected chi connectivity index (χ3v) is 4.71. The predicted molar refractivity (Wildman–Crippen MR) is 101 cm³/mol. The highest BCUT2D eigenvalue weighted by Crippen LogP contribution is 2.26. The number of ether oxygens (including phenoxy) is 1. The van der Waals surface area contributed by atoms with E-state index in [4.69, 9.17) is 9.15 Å². The normalized spacial score (nSPS) is 17.1. The quantitative estimate of drug-likeness (QED) is 0.711. The van der Waals surface area contributed by atoms with Crippen molar-refractivity contribution < 1.29 is 13.9 Å². The highest BCUT2D eigenvalue weighted by atomic mass is 16.5. The Morgan fingerprint density at radius 1 is 1.07 bits per heavy atom. The molecule has 0 spiro atoms. The molecule has 1 amide bonds. The SMILES string of the molecule is Cc1ccccc1-c1nnc(-c2ccc(C(=O)N3CCOC(C)C3)cc2)o1. The molecule has 1 aliphatic rings. The topological polar surface area (TPSA) is 68.5 Å². The van der Waals surface area contributed by atoms with Gasteiger partial charge in [-0.3, -0.25) is 4.79 Å². The zero-order chi connectivity index (χ0) is 18.8. The summed E-state index contributed by atoms with van der Waals surface area (Å²) in [6.45, 7) is 5.79. The number of rotatable bonds is 3. The number of amides is 1. The molecule has 0 aliphatic carbocycles. The Bertz CT molecular complexity index is 949. The van der Waals surface area contributed by atoms with Crippen molar-refractivity contribution in [1.82, 2.24) is 15.1 Å². The fourth-order valence-electron chi connectivity index (χ4n) is 3.20. The van der Waals surface area contributed by atoms with Gasteiger partial charge in [0.1, 0.15) is 0 Å². The second kappa shape index (κ2) is 7.32. The van der Waals surface area contributed by atoms with E-state index in [0.29, 0.717) is 37.0 Å². The number of aromatic nitrogens is 2. The molecule has 1 saturated heterocycles. The summed E-state index contributed by atoms with van der Waals surface area (Å²) in [5.41, 5.74) is 3.43. The number of carbonyl (C=O) groups is 1. The average Bonchev–Trinajstić information content (AvgIpc) is 3.18. The maximum atomic E-state index is 12.6. The number of hydrogen-bond acceptors (Lipinski definition) is 5. The van der Waals surface area contributed by atoms with Crippen LogP contribution in [0.5, 0.6) is 0 Å². The monoisotopic (exact) mass is 363 g/mol. The van der Waals surface area contributed by atoms with Gasteiger partial charge in [-0.15, -0.1) is 10.2 Å². The molecule has 3 aromatic rings. The lowest BCUT2D eigenvalue weighted by molar-refractivity contribution is -0.0124. The molecule has 1 fully saturated rings. The first-order valence-corrected chi connectivity index (χ1v) is 9.02. The molecule has 2 aromatic carbocycles. The first-order valence-electron chi connectivity index (χ1n) is 9.02. The zero-order valence-electron chi connectivity index (χ0n) is 15.4. The number of hydrogen-bond donors (Lipinski definition) is 0. The van der Waals surface area contributed by atoms with Crippen molar-refractivity contribution in [2.45, 2.75) is 20.0 Å². The third-order valence-electron chi connectivity index (χ3n) is 4.71. The van der Waals surface area contributed by atoms with Gasteiger partial charge in [0.25, 0.3) is 5.91 Å². The Labute approximate surface area is 157 Å². The van der Waals surface area contributed by atoms with Crippen molar-refractivity contribution in [2.24, 2.45) is 0 Å². The first kappa shape index (κ1) is 17.4. The van der Waals surface area contributed by atoms with Crippen LogP contribution in [-0.4, -0.2) is 46.8 Å². The molecule has 1 atom stereocenters. The lowest BCUT2D eigenvalue weighted by Gasteiger charge is -2.31. The molecule has 138 valence electrons. The van der Waals surface area contributed by atoms with E-state index in [1.807, 2.05) is 55.1 Å². The van der Waals surface area contributed by atoms with Gasteiger partial charge in [-0.2, -0.15) is 0 Å². The van der Waals surface area contributed by atoms with E-state index in [-0.39, 0.29) is 12.0 Å². The maximum absolute atomic E-state index is 12.6. The second-order valence-electron chi connectivity index (χ2n) is 6.74. The van der Waals surface area contributed by atoms with Crippen molar-refractivity contribution in [3.63, 3.8) is 0 Å². The fraction of sp³-hybridized carbons (Fsp3) is 0.286. The lowest BCUT2D eigenvalue weighted by atomic mass is 10.1. The summed E-state index contributed by atoms with van der Waals surface area (Å²) >= 11 is 0. The minimum atomic E-state index is 0.0165. The summed E-state index contributed by atoms with van der Waals surface area (Å²) in [5.74, 6) is 0.945. The molecule has 0 bridgehead atoms. The Morgan fingerprint density at radius 3 is 2.56 bits per heavy atom. The smallest absolute Gasteiger partial charge is 0.254 e. The summed E-state index contributed by atoms with van der Waals surface area (Å²) in [4.78, 5) is 14.5. The molecule has 0 radical (unpaired) electrons. The van der Waals surface area contributed by atoms with Gasteiger partial charge in [0.15, 0.2) is 0 Å². The molecule has 1 unspecified atom stereocenters. The van der Waals surface area contributed by atoms with Crippen LogP contribution in [0.3, 0.4) is 0 Å². The molecule has 27 heavy (non-hydrogen) atoms. The van der Waals surface area contributed by atoms with Gasteiger partial charge in [0.2, 0.25) is 11.8 Å². The minimum Gasteiger partial charge on any atom is -0.416 e. The van der Waals surface area contributed by atoms with E-state index < -0.39 is 0 Å². The summed E-state index contributed by atoms with van der Waals surface area (Å²) in [5, 5.41) is 8.31. The number of nitrogens with zero attached hydrogens (tertiary/aromatic N) is 3. The highest BCUT2D eigenvalue weighted by molar-refractivity contribution is 5.94. The van der Waals surface area contributed by atoms with E-state index in [0.717, 1.165) is 16.7 Å². The molecule has 0 N–H and O–H groups in total. The van der Waals surface area contributed by atoms with Crippen LogP contribution < -0.4 is 0 Å². The van der Waals surface area contributed by atoms with Gasteiger partial charge >= 0.3 is 0 Å². The van der Waals surface area contributed by atoms with Crippen LogP contribution in [0.15, 0.2) is 52.9 Å². The third kappa shape index (κ3) is 3.61. The van der Waals surface area contributed by atoms with Crippen LogP contribution in [0, 0.1) is 6.92 Å². The second-order valence-corrected chi connectivity index (χ2v) is 6.74. The van der Waals surface area contributed by atoms with E-state index in [1.54, 1.807) is 12.1 Å². The molecular formula is C21H21N3O3. The van der Waals surface area contributed by atoms with E-state index >= 15 is 0 Å². The van der Waals surface area contributed by atoms with Gasteiger partial charge in [-0.25, -0.2) is 0 Å². The molecule has 6 nitrogen and oxygen atoms in total. The van der Waals surface area contributed by atoms with Crippen LogP contribution >= 0.6 is 0 Å². The van der Waals surface area contributed by atoms with Gasteiger partial charge in [0, 0.05) is 29.8 Å². The van der Waals surface area contributed by atoms with Crippen LogP contribution in [0.25, 0.3) is 22.9 Å².